The largest absolute Gasteiger partial charge is 0.477 e. The second kappa shape index (κ2) is 9.71. The van der Waals surface area contributed by atoms with E-state index in [9.17, 15) is 14.3 Å². The van der Waals surface area contributed by atoms with Gasteiger partial charge in [0.05, 0.1) is 6.10 Å². The molecule has 0 aliphatic heterocycles. The molecule has 3 rings (SSSR count). The Morgan fingerprint density at radius 1 is 1.32 bits per heavy atom. The predicted molar refractivity (Wildman–Crippen MR) is 112 cm³/mol. The molecular weight excluding hydrogens is 375 g/mol. The number of aliphatic hydroxyl groups excluding tert-OH is 1. The van der Waals surface area contributed by atoms with Crippen LogP contribution in [0, 0.1) is 17.3 Å². The monoisotopic (exact) mass is 410 g/mol. The summed E-state index contributed by atoms with van der Waals surface area (Å²) in [7, 11) is 0. The standard InChI is InChI=1S/C23H35FO3S/c1-2-23(12-5-13-23)21(25)9-4-8-18-17(10-11-19(18)24)7-3-6-16-14-20(22(26)27)28-15-16/h14-15,17-19,21,25H,2-13H2,1H3,(H,26,27)/t17-,18+,19+,21?/m0/s1. The summed E-state index contributed by atoms with van der Waals surface area (Å²) in [6, 6.07) is 1.77. The van der Waals surface area contributed by atoms with Gasteiger partial charge in [-0.15, -0.1) is 11.3 Å². The molecule has 28 heavy (non-hydrogen) atoms. The maximum absolute atomic E-state index is 14.5. The number of alkyl halides is 1. The molecular formula is C23H35FO3S. The lowest BCUT2D eigenvalue weighted by Crippen LogP contribution is -2.40. The van der Waals surface area contributed by atoms with Crippen molar-refractivity contribution in [2.45, 2.75) is 96.2 Å². The summed E-state index contributed by atoms with van der Waals surface area (Å²) >= 11 is 1.28. The van der Waals surface area contributed by atoms with Crippen molar-refractivity contribution >= 4 is 17.3 Å². The molecule has 0 saturated heterocycles. The zero-order chi connectivity index (χ0) is 20.1. The van der Waals surface area contributed by atoms with Gasteiger partial charge in [-0.1, -0.05) is 19.8 Å². The normalized spacial score (nSPS) is 27.5. The fourth-order valence-corrected chi connectivity index (χ4v) is 6.25. The molecule has 3 nitrogen and oxygen atoms in total. The number of hydrogen-bond acceptors (Lipinski definition) is 3. The van der Waals surface area contributed by atoms with Crippen LogP contribution in [-0.4, -0.2) is 28.5 Å². The molecule has 1 heterocycles. The Labute approximate surface area is 172 Å². The molecule has 4 atom stereocenters. The van der Waals surface area contributed by atoms with Crippen molar-refractivity contribution in [3.8, 4) is 0 Å². The van der Waals surface area contributed by atoms with E-state index in [-0.39, 0.29) is 17.4 Å². The average molecular weight is 411 g/mol. The summed E-state index contributed by atoms with van der Waals surface area (Å²) in [4.78, 5) is 11.4. The first kappa shape index (κ1) is 21.8. The van der Waals surface area contributed by atoms with E-state index in [0.717, 1.165) is 69.8 Å². The van der Waals surface area contributed by atoms with E-state index in [1.807, 2.05) is 5.38 Å². The third-order valence-corrected chi connectivity index (χ3v) is 8.53. The highest BCUT2D eigenvalue weighted by atomic mass is 32.1. The van der Waals surface area contributed by atoms with Gasteiger partial charge in [0.25, 0.3) is 0 Å². The number of carbonyl (C=O) groups is 1. The third kappa shape index (κ3) is 4.96. The predicted octanol–water partition coefficient (Wildman–Crippen LogP) is 6.24. The molecule has 2 aliphatic carbocycles. The Balaban J connectivity index is 1.41. The number of aryl methyl sites for hydroxylation is 1. The van der Waals surface area contributed by atoms with E-state index in [1.54, 1.807) is 6.07 Å². The molecule has 2 N–H and O–H groups in total. The lowest BCUT2D eigenvalue weighted by atomic mass is 9.62. The van der Waals surface area contributed by atoms with Gasteiger partial charge in [-0.05, 0) is 98.5 Å². The molecule has 0 bridgehead atoms. The van der Waals surface area contributed by atoms with Crippen molar-refractivity contribution < 1.29 is 19.4 Å². The molecule has 2 aliphatic rings. The summed E-state index contributed by atoms with van der Waals surface area (Å²) in [5, 5.41) is 21.5. The van der Waals surface area contributed by atoms with Crippen LogP contribution in [-0.2, 0) is 6.42 Å². The molecule has 0 radical (unpaired) electrons. The minimum absolute atomic E-state index is 0.142. The highest BCUT2D eigenvalue weighted by Crippen LogP contribution is 2.48. The summed E-state index contributed by atoms with van der Waals surface area (Å²) in [6.07, 6.45) is 10.9. The Bertz CT molecular complexity index is 634. The first-order chi connectivity index (χ1) is 13.4. The van der Waals surface area contributed by atoms with Crippen molar-refractivity contribution in [3.63, 3.8) is 0 Å². The van der Waals surface area contributed by atoms with E-state index >= 15 is 0 Å². The first-order valence-corrected chi connectivity index (χ1v) is 12.0. The molecule has 2 fully saturated rings. The Hall–Kier alpha value is -0.940. The second-order valence-corrected chi connectivity index (χ2v) is 9.96. The number of thiophene rings is 1. The van der Waals surface area contributed by atoms with Gasteiger partial charge in [0.2, 0.25) is 0 Å². The van der Waals surface area contributed by atoms with Crippen LogP contribution in [0.2, 0.25) is 0 Å². The molecule has 158 valence electrons. The first-order valence-electron chi connectivity index (χ1n) is 11.1. The van der Waals surface area contributed by atoms with Crippen molar-refractivity contribution in [3.05, 3.63) is 21.9 Å². The van der Waals surface area contributed by atoms with E-state index in [4.69, 9.17) is 5.11 Å². The Kier molecular flexibility index (Phi) is 7.54. The molecule has 1 aromatic rings. The van der Waals surface area contributed by atoms with Crippen LogP contribution in [0.3, 0.4) is 0 Å². The quantitative estimate of drug-likeness (QED) is 0.454. The van der Waals surface area contributed by atoms with Crippen molar-refractivity contribution in [1.29, 1.82) is 0 Å². The minimum atomic E-state index is -0.860. The van der Waals surface area contributed by atoms with Crippen LogP contribution in [0.4, 0.5) is 4.39 Å². The number of carboxylic acid groups (broad SMARTS) is 1. The van der Waals surface area contributed by atoms with Crippen LogP contribution in [0.5, 0.6) is 0 Å². The third-order valence-electron chi connectivity index (χ3n) is 7.56. The van der Waals surface area contributed by atoms with Gasteiger partial charge in [0.15, 0.2) is 0 Å². The Morgan fingerprint density at radius 3 is 2.71 bits per heavy atom. The summed E-state index contributed by atoms with van der Waals surface area (Å²) < 4.78 is 14.5. The maximum atomic E-state index is 14.5. The van der Waals surface area contributed by atoms with Gasteiger partial charge in [-0.25, -0.2) is 9.18 Å². The number of aromatic carboxylic acids is 1. The molecule has 1 aromatic heterocycles. The van der Waals surface area contributed by atoms with Gasteiger partial charge in [0, 0.05) is 0 Å². The smallest absolute Gasteiger partial charge is 0.345 e. The summed E-state index contributed by atoms with van der Waals surface area (Å²) in [5.74, 6) is -0.280. The van der Waals surface area contributed by atoms with E-state index in [0.29, 0.717) is 17.2 Å². The van der Waals surface area contributed by atoms with E-state index in [1.165, 1.54) is 17.8 Å². The number of carboxylic acids is 1. The highest BCUT2D eigenvalue weighted by molar-refractivity contribution is 7.12. The molecule has 0 spiro atoms. The fraction of sp³-hybridized carbons (Fsp3) is 0.783. The second-order valence-electron chi connectivity index (χ2n) is 9.05. The minimum Gasteiger partial charge on any atom is -0.477 e. The number of halogens is 1. The van der Waals surface area contributed by atoms with Crippen LogP contribution < -0.4 is 0 Å². The highest BCUT2D eigenvalue weighted by Gasteiger charge is 2.41. The zero-order valence-corrected chi connectivity index (χ0v) is 17.9. The van der Waals surface area contributed by atoms with Gasteiger partial charge >= 0.3 is 5.97 Å². The molecule has 1 unspecified atom stereocenters. The Morgan fingerprint density at radius 2 is 2.11 bits per heavy atom. The van der Waals surface area contributed by atoms with E-state index < -0.39 is 12.1 Å². The molecule has 0 amide bonds. The summed E-state index contributed by atoms with van der Waals surface area (Å²) in [5.41, 5.74) is 1.24. The van der Waals surface area contributed by atoms with Crippen molar-refractivity contribution in [2.24, 2.45) is 17.3 Å². The van der Waals surface area contributed by atoms with Crippen molar-refractivity contribution in [1.82, 2.24) is 0 Å². The van der Waals surface area contributed by atoms with Crippen LogP contribution in [0.1, 0.15) is 92.8 Å². The van der Waals surface area contributed by atoms with Crippen LogP contribution in [0.25, 0.3) is 0 Å². The zero-order valence-electron chi connectivity index (χ0n) is 17.0. The maximum Gasteiger partial charge on any atom is 0.345 e. The fourth-order valence-electron chi connectivity index (χ4n) is 5.47. The van der Waals surface area contributed by atoms with Gasteiger partial charge in [-0.2, -0.15) is 0 Å². The SMILES string of the molecule is CCC1(C(O)CCC[C@@H]2[C@@H](CCCc3csc(C(=O)O)c3)CC[C@H]2F)CCC1. The molecule has 2 saturated carbocycles. The molecule has 5 heteroatoms. The lowest BCUT2D eigenvalue weighted by Gasteiger charge is -2.45. The van der Waals surface area contributed by atoms with Crippen LogP contribution in [0.15, 0.2) is 11.4 Å². The average Bonchev–Trinajstić information content (AvgIpc) is 3.23. The molecule has 0 aromatic carbocycles. The number of hydrogen-bond donors (Lipinski definition) is 2. The van der Waals surface area contributed by atoms with Crippen molar-refractivity contribution in [2.75, 3.05) is 0 Å². The van der Waals surface area contributed by atoms with E-state index in [2.05, 4.69) is 6.92 Å². The number of rotatable bonds is 11. The number of aliphatic hydroxyl groups is 1. The van der Waals surface area contributed by atoms with Gasteiger partial charge in [0.1, 0.15) is 11.0 Å². The summed E-state index contributed by atoms with van der Waals surface area (Å²) in [6.45, 7) is 2.18. The van der Waals surface area contributed by atoms with Gasteiger partial charge in [-0.3, -0.25) is 0 Å². The lowest BCUT2D eigenvalue weighted by molar-refractivity contribution is -0.0440. The van der Waals surface area contributed by atoms with Crippen LogP contribution >= 0.6 is 11.3 Å². The van der Waals surface area contributed by atoms with Gasteiger partial charge < -0.3 is 10.2 Å². The topological polar surface area (TPSA) is 57.5 Å².